The number of fused-ring (bicyclic) bond motifs is 1. The van der Waals surface area contributed by atoms with Crippen LogP contribution in [0.15, 0.2) is 36.4 Å². The molecule has 0 N–H and O–H groups in total. The largest absolute Gasteiger partial charge is 0.452 e. The first-order chi connectivity index (χ1) is 15.7. The van der Waals surface area contributed by atoms with Gasteiger partial charge >= 0.3 is 5.97 Å². The number of amides is 3. The summed E-state index contributed by atoms with van der Waals surface area (Å²) in [5.74, 6) is -1.83. The number of piperidine rings is 1. The van der Waals surface area contributed by atoms with Crippen molar-refractivity contribution in [2.24, 2.45) is 0 Å². The highest BCUT2D eigenvalue weighted by Crippen LogP contribution is 2.32. The topological polar surface area (TPSA) is 84.0 Å². The van der Waals surface area contributed by atoms with Crippen LogP contribution in [0.3, 0.4) is 0 Å². The van der Waals surface area contributed by atoms with E-state index >= 15 is 0 Å². The number of esters is 1. The second kappa shape index (κ2) is 8.81. The summed E-state index contributed by atoms with van der Waals surface area (Å²) in [6.07, 6.45) is 2.94. The van der Waals surface area contributed by atoms with Gasteiger partial charge in [0, 0.05) is 12.1 Å². The van der Waals surface area contributed by atoms with Crippen LogP contribution in [0.5, 0.6) is 0 Å². The van der Waals surface area contributed by atoms with Crippen molar-refractivity contribution in [1.29, 1.82) is 0 Å². The first-order valence-corrected chi connectivity index (χ1v) is 11.3. The summed E-state index contributed by atoms with van der Waals surface area (Å²) >= 11 is 0. The van der Waals surface area contributed by atoms with Crippen LogP contribution < -0.4 is 4.90 Å². The van der Waals surface area contributed by atoms with E-state index < -0.39 is 17.8 Å². The van der Waals surface area contributed by atoms with Crippen molar-refractivity contribution in [2.75, 3.05) is 11.5 Å². The third kappa shape index (κ3) is 4.15. The second-order valence-electron chi connectivity index (χ2n) is 9.00. The van der Waals surface area contributed by atoms with Gasteiger partial charge in [-0.3, -0.25) is 14.4 Å². The van der Waals surface area contributed by atoms with E-state index in [-0.39, 0.29) is 41.3 Å². The summed E-state index contributed by atoms with van der Waals surface area (Å²) in [4.78, 5) is 54.2. The summed E-state index contributed by atoms with van der Waals surface area (Å²) < 4.78 is 5.27. The number of anilines is 1. The quantitative estimate of drug-likeness (QED) is 0.520. The Labute approximate surface area is 193 Å². The Bertz CT molecular complexity index is 1150. The first-order valence-electron chi connectivity index (χ1n) is 11.3. The molecule has 4 rings (SSSR count). The minimum atomic E-state index is -0.700. The van der Waals surface area contributed by atoms with Crippen molar-refractivity contribution in [3.05, 3.63) is 64.2 Å². The zero-order valence-corrected chi connectivity index (χ0v) is 19.4. The van der Waals surface area contributed by atoms with Crippen molar-refractivity contribution in [2.45, 2.75) is 59.0 Å². The molecule has 0 spiro atoms. The van der Waals surface area contributed by atoms with Gasteiger partial charge in [-0.15, -0.1) is 0 Å². The fraction of sp³-hybridized carbons (Fsp3) is 0.385. The smallest absolute Gasteiger partial charge is 0.338 e. The lowest BCUT2D eigenvalue weighted by molar-refractivity contribution is -0.140. The molecule has 0 aromatic heterocycles. The molecule has 2 aromatic rings. The summed E-state index contributed by atoms with van der Waals surface area (Å²) in [6.45, 7) is 7.37. The van der Waals surface area contributed by atoms with Gasteiger partial charge in [0.2, 0.25) is 0 Å². The molecule has 7 heteroatoms. The molecule has 0 saturated carbocycles. The van der Waals surface area contributed by atoms with E-state index in [1.807, 2.05) is 39.8 Å². The molecule has 172 valence electrons. The van der Waals surface area contributed by atoms with E-state index in [0.717, 1.165) is 35.3 Å². The highest BCUT2D eigenvalue weighted by atomic mass is 16.5. The first kappa shape index (κ1) is 22.7. The van der Waals surface area contributed by atoms with Gasteiger partial charge in [0.1, 0.15) is 0 Å². The Hall–Kier alpha value is -3.48. The Morgan fingerprint density at radius 2 is 1.61 bits per heavy atom. The van der Waals surface area contributed by atoms with Crippen molar-refractivity contribution in [1.82, 2.24) is 4.90 Å². The van der Waals surface area contributed by atoms with E-state index in [1.165, 1.54) is 18.2 Å². The SMILES string of the molecule is Cc1ccc(C)c(N2C(=O)c3ccc(C(=O)OCC(=O)N4[C@@H](C)CCC[C@@H]4C)cc3C2=O)c1. The van der Waals surface area contributed by atoms with Gasteiger partial charge in [0.25, 0.3) is 17.7 Å². The molecule has 0 aliphatic carbocycles. The van der Waals surface area contributed by atoms with Crippen molar-refractivity contribution in [3.63, 3.8) is 0 Å². The number of hydrogen-bond donors (Lipinski definition) is 0. The van der Waals surface area contributed by atoms with Gasteiger partial charge in [-0.1, -0.05) is 12.1 Å². The maximum Gasteiger partial charge on any atom is 0.338 e. The van der Waals surface area contributed by atoms with Crippen LogP contribution in [0.1, 0.15) is 75.3 Å². The van der Waals surface area contributed by atoms with Crippen LogP contribution in [0, 0.1) is 13.8 Å². The fourth-order valence-corrected chi connectivity index (χ4v) is 4.74. The summed E-state index contributed by atoms with van der Waals surface area (Å²) in [5, 5.41) is 0. The molecule has 0 bridgehead atoms. The zero-order valence-electron chi connectivity index (χ0n) is 19.4. The van der Waals surface area contributed by atoms with E-state index in [9.17, 15) is 19.2 Å². The molecular weight excluding hydrogens is 420 g/mol. The lowest BCUT2D eigenvalue weighted by Crippen LogP contribution is -2.49. The number of carbonyl (C=O) groups is 4. The maximum atomic E-state index is 13.1. The molecule has 33 heavy (non-hydrogen) atoms. The van der Waals surface area contributed by atoms with Crippen LogP contribution in [-0.2, 0) is 9.53 Å². The van der Waals surface area contributed by atoms with Crippen molar-refractivity contribution >= 4 is 29.4 Å². The lowest BCUT2D eigenvalue weighted by atomic mass is 9.97. The monoisotopic (exact) mass is 448 g/mol. The highest BCUT2D eigenvalue weighted by molar-refractivity contribution is 6.35. The Balaban J connectivity index is 1.50. The fourth-order valence-electron chi connectivity index (χ4n) is 4.74. The van der Waals surface area contributed by atoms with Gasteiger partial charge in [0.05, 0.1) is 22.4 Å². The molecule has 1 saturated heterocycles. The number of aryl methyl sites for hydroxylation is 2. The van der Waals surface area contributed by atoms with Crippen LogP contribution in [0.4, 0.5) is 5.69 Å². The number of hydrogen-bond acceptors (Lipinski definition) is 5. The summed E-state index contributed by atoms with van der Waals surface area (Å²) in [5.41, 5.74) is 2.78. The molecule has 1 fully saturated rings. The van der Waals surface area contributed by atoms with Gasteiger partial charge in [-0.2, -0.15) is 0 Å². The molecule has 2 aliphatic rings. The molecule has 0 unspecified atom stereocenters. The molecule has 3 amide bonds. The number of benzene rings is 2. The van der Waals surface area contributed by atoms with E-state index in [4.69, 9.17) is 4.74 Å². The predicted octanol–water partition coefficient (Wildman–Crippen LogP) is 4.05. The van der Waals surface area contributed by atoms with Gasteiger partial charge < -0.3 is 9.64 Å². The van der Waals surface area contributed by atoms with Crippen LogP contribution >= 0.6 is 0 Å². The van der Waals surface area contributed by atoms with Crippen LogP contribution in [0.2, 0.25) is 0 Å². The Morgan fingerprint density at radius 1 is 0.939 bits per heavy atom. The third-order valence-corrected chi connectivity index (χ3v) is 6.54. The number of ether oxygens (including phenoxy) is 1. The number of rotatable bonds is 4. The van der Waals surface area contributed by atoms with Gasteiger partial charge in [0.15, 0.2) is 6.61 Å². The van der Waals surface area contributed by atoms with Crippen LogP contribution in [0.25, 0.3) is 0 Å². The minimum absolute atomic E-state index is 0.111. The second-order valence-corrected chi connectivity index (χ2v) is 9.00. The van der Waals surface area contributed by atoms with Crippen molar-refractivity contribution in [3.8, 4) is 0 Å². The average Bonchev–Trinajstić information content (AvgIpc) is 3.03. The van der Waals surface area contributed by atoms with Gasteiger partial charge in [-0.25, -0.2) is 9.69 Å². The summed E-state index contributed by atoms with van der Waals surface area (Å²) in [7, 11) is 0. The zero-order chi connectivity index (χ0) is 23.9. The molecule has 2 aromatic carbocycles. The maximum absolute atomic E-state index is 13.1. The van der Waals surface area contributed by atoms with E-state index in [0.29, 0.717) is 5.69 Å². The van der Waals surface area contributed by atoms with E-state index in [1.54, 1.807) is 11.0 Å². The van der Waals surface area contributed by atoms with Gasteiger partial charge in [-0.05, 0) is 82.3 Å². The predicted molar refractivity (Wildman–Crippen MR) is 123 cm³/mol. The van der Waals surface area contributed by atoms with Crippen LogP contribution in [-0.4, -0.2) is 47.3 Å². The number of imide groups is 1. The summed E-state index contributed by atoms with van der Waals surface area (Å²) in [6, 6.07) is 10.1. The number of nitrogens with zero attached hydrogens (tertiary/aromatic N) is 2. The molecule has 0 radical (unpaired) electrons. The number of likely N-dealkylation sites (tertiary alicyclic amines) is 1. The normalized spacial score (nSPS) is 20.1. The third-order valence-electron chi connectivity index (χ3n) is 6.54. The molecule has 2 atom stereocenters. The molecular formula is C26H28N2O5. The lowest BCUT2D eigenvalue weighted by Gasteiger charge is -2.38. The Morgan fingerprint density at radius 3 is 2.30 bits per heavy atom. The number of carbonyl (C=O) groups excluding carboxylic acids is 4. The molecule has 2 aliphatic heterocycles. The van der Waals surface area contributed by atoms with Crippen molar-refractivity contribution < 1.29 is 23.9 Å². The standard InChI is InChI=1S/C26H28N2O5/c1-15-8-9-16(2)22(12-15)28-24(30)20-11-10-19(13-21(20)25(28)31)26(32)33-14-23(29)27-17(3)6-5-7-18(27)4/h8-13,17-18H,5-7,14H2,1-4H3/t17-,18-/m0/s1. The minimum Gasteiger partial charge on any atom is -0.452 e. The highest BCUT2D eigenvalue weighted by Gasteiger charge is 2.38. The molecule has 7 nitrogen and oxygen atoms in total. The van der Waals surface area contributed by atoms with E-state index in [2.05, 4.69) is 0 Å². The Kier molecular flexibility index (Phi) is 6.06. The average molecular weight is 449 g/mol. The molecule has 2 heterocycles.